The molecule has 0 radical (unpaired) electrons. The number of hydrogen-bond acceptors (Lipinski definition) is 4. The van der Waals surface area contributed by atoms with Gasteiger partial charge >= 0.3 is 0 Å². The number of carbonyl (C=O) groups excluding carboxylic acids is 1. The van der Waals surface area contributed by atoms with E-state index in [-0.39, 0.29) is 18.0 Å². The predicted octanol–water partition coefficient (Wildman–Crippen LogP) is 1.54. The van der Waals surface area contributed by atoms with Crippen LogP contribution in [0.1, 0.15) is 27.7 Å². The van der Waals surface area contributed by atoms with Crippen LogP contribution in [0.4, 0.5) is 0 Å². The van der Waals surface area contributed by atoms with E-state index in [9.17, 15) is 4.79 Å². The summed E-state index contributed by atoms with van der Waals surface area (Å²) in [5.41, 5.74) is 0. The molecule has 0 atom stereocenters. The molecule has 0 fully saturated rings. The monoisotopic (exact) mass is 242 g/mol. The van der Waals surface area contributed by atoms with Gasteiger partial charge in [-0.2, -0.15) is 5.10 Å². The molecule has 0 aliphatic carbocycles. The average molecular weight is 242 g/mol. The van der Waals surface area contributed by atoms with E-state index in [0.29, 0.717) is 10.9 Å². The van der Waals surface area contributed by atoms with Gasteiger partial charge < -0.3 is 4.90 Å². The summed E-state index contributed by atoms with van der Waals surface area (Å²) in [7, 11) is 0. The lowest BCUT2D eigenvalue weighted by molar-refractivity contribution is -0.131. The van der Waals surface area contributed by atoms with Crippen LogP contribution in [0.2, 0.25) is 0 Å². The highest BCUT2D eigenvalue weighted by Crippen LogP contribution is 2.14. The summed E-state index contributed by atoms with van der Waals surface area (Å²) in [6.07, 6.45) is 1.44. The number of hydrogen-bond donors (Lipinski definition) is 1. The van der Waals surface area contributed by atoms with E-state index in [2.05, 4.69) is 15.2 Å². The highest BCUT2D eigenvalue weighted by atomic mass is 32.2. The van der Waals surface area contributed by atoms with Crippen LogP contribution in [0.25, 0.3) is 0 Å². The summed E-state index contributed by atoms with van der Waals surface area (Å²) in [5.74, 6) is 0.525. The summed E-state index contributed by atoms with van der Waals surface area (Å²) >= 11 is 1.38. The fourth-order valence-electron chi connectivity index (χ4n) is 1.64. The summed E-state index contributed by atoms with van der Waals surface area (Å²) in [5, 5.41) is 7.14. The fourth-order valence-corrected chi connectivity index (χ4v) is 2.29. The highest BCUT2D eigenvalue weighted by molar-refractivity contribution is 7.99. The molecule has 0 aliphatic heterocycles. The number of nitrogens with zero attached hydrogens (tertiary/aromatic N) is 3. The molecule has 1 amide bonds. The van der Waals surface area contributed by atoms with Crippen LogP contribution in [0.5, 0.6) is 0 Å². The first-order valence-corrected chi connectivity index (χ1v) is 6.30. The molecule has 0 aliphatic rings. The molecule has 1 rings (SSSR count). The van der Waals surface area contributed by atoms with Crippen LogP contribution < -0.4 is 0 Å². The van der Waals surface area contributed by atoms with E-state index in [4.69, 9.17) is 0 Å². The third kappa shape index (κ3) is 3.52. The summed E-state index contributed by atoms with van der Waals surface area (Å²) in [4.78, 5) is 17.8. The third-order valence-corrected chi connectivity index (χ3v) is 2.99. The number of thioether (sulfide) groups is 1. The first-order chi connectivity index (χ1) is 7.52. The van der Waals surface area contributed by atoms with Crippen molar-refractivity contribution in [3.63, 3.8) is 0 Å². The quantitative estimate of drug-likeness (QED) is 0.796. The van der Waals surface area contributed by atoms with Crippen LogP contribution in [-0.2, 0) is 4.79 Å². The van der Waals surface area contributed by atoms with Crippen molar-refractivity contribution in [3.05, 3.63) is 6.33 Å². The highest BCUT2D eigenvalue weighted by Gasteiger charge is 2.20. The smallest absolute Gasteiger partial charge is 0.233 e. The van der Waals surface area contributed by atoms with Gasteiger partial charge in [-0.1, -0.05) is 11.8 Å². The van der Waals surface area contributed by atoms with Crippen molar-refractivity contribution >= 4 is 17.7 Å². The molecule has 1 aromatic heterocycles. The second kappa shape index (κ2) is 5.89. The zero-order valence-corrected chi connectivity index (χ0v) is 10.9. The maximum Gasteiger partial charge on any atom is 0.233 e. The number of H-pyrrole nitrogens is 1. The van der Waals surface area contributed by atoms with Crippen LogP contribution in [0, 0.1) is 0 Å². The maximum atomic E-state index is 12.0. The van der Waals surface area contributed by atoms with Gasteiger partial charge in [0.1, 0.15) is 6.33 Å². The zero-order valence-electron chi connectivity index (χ0n) is 10.1. The van der Waals surface area contributed by atoms with Gasteiger partial charge in [0, 0.05) is 12.1 Å². The number of rotatable bonds is 5. The SMILES string of the molecule is CC(C)N(C(=O)CSc1ncn[nH]1)C(C)C. The van der Waals surface area contributed by atoms with Gasteiger partial charge in [0.05, 0.1) is 5.75 Å². The summed E-state index contributed by atoms with van der Waals surface area (Å²) in [6, 6.07) is 0.450. The Kier molecular flexibility index (Phi) is 4.79. The van der Waals surface area contributed by atoms with Crippen LogP contribution in [0.15, 0.2) is 11.5 Å². The Hall–Kier alpha value is -1.04. The van der Waals surface area contributed by atoms with E-state index < -0.39 is 0 Å². The first-order valence-electron chi connectivity index (χ1n) is 5.31. The summed E-state index contributed by atoms with van der Waals surface area (Å²) < 4.78 is 0. The normalized spacial score (nSPS) is 11.1. The van der Waals surface area contributed by atoms with Crippen LogP contribution >= 0.6 is 11.8 Å². The second-order valence-electron chi connectivity index (χ2n) is 4.07. The minimum atomic E-state index is 0.131. The lowest BCUT2D eigenvalue weighted by Gasteiger charge is -2.30. The minimum Gasteiger partial charge on any atom is -0.337 e. The Morgan fingerprint density at radius 2 is 2.06 bits per heavy atom. The predicted molar refractivity (Wildman–Crippen MR) is 64.2 cm³/mol. The summed E-state index contributed by atoms with van der Waals surface area (Å²) in [6.45, 7) is 8.10. The number of aromatic amines is 1. The molecule has 0 spiro atoms. The van der Waals surface area contributed by atoms with Gasteiger partial charge in [0.15, 0.2) is 5.16 Å². The molecule has 5 nitrogen and oxygen atoms in total. The maximum absolute atomic E-state index is 12.0. The number of aromatic nitrogens is 3. The van der Waals surface area contributed by atoms with Crippen molar-refractivity contribution in [2.24, 2.45) is 0 Å². The lowest BCUT2D eigenvalue weighted by Crippen LogP contribution is -2.43. The first kappa shape index (κ1) is 13.0. The third-order valence-electron chi connectivity index (χ3n) is 2.13. The van der Waals surface area contributed by atoms with Crippen LogP contribution in [-0.4, -0.2) is 43.8 Å². The van der Waals surface area contributed by atoms with Gasteiger partial charge in [0.25, 0.3) is 0 Å². The molecule has 0 bridgehead atoms. The van der Waals surface area contributed by atoms with E-state index >= 15 is 0 Å². The number of nitrogens with one attached hydrogen (secondary N) is 1. The molecule has 1 aromatic rings. The Morgan fingerprint density at radius 3 is 2.50 bits per heavy atom. The number of carbonyl (C=O) groups is 1. The van der Waals surface area contributed by atoms with Crippen molar-refractivity contribution in [2.45, 2.75) is 44.9 Å². The van der Waals surface area contributed by atoms with E-state index in [0.717, 1.165) is 0 Å². The topological polar surface area (TPSA) is 61.9 Å². The molecule has 16 heavy (non-hydrogen) atoms. The van der Waals surface area contributed by atoms with Gasteiger partial charge in [-0.3, -0.25) is 9.89 Å². The van der Waals surface area contributed by atoms with Crippen LogP contribution in [0.3, 0.4) is 0 Å². The molecule has 1 N–H and O–H groups in total. The Labute approximate surface area is 100 Å². The molecule has 0 saturated carbocycles. The van der Waals surface area contributed by atoms with Crippen molar-refractivity contribution < 1.29 is 4.79 Å². The molecule has 1 heterocycles. The van der Waals surface area contributed by atoms with Crippen molar-refractivity contribution in [1.82, 2.24) is 20.1 Å². The molecular formula is C10H18N4OS. The molecule has 90 valence electrons. The van der Waals surface area contributed by atoms with Gasteiger partial charge in [-0.15, -0.1) is 0 Å². The Balaban J connectivity index is 2.50. The van der Waals surface area contributed by atoms with Crippen molar-refractivity contribution in [2.75, 3.05) is 5.75 Å². The number of amides is 1. The van der Waals surface area contributed by atoms with Gasteiger partial charge in [-0.05, 0) is 27.7 Å². The van der Waals surface area contributed by atoms with E-state index in [1.54, 1.807) is 0 Å². The fraction of sp³-hybridized carbons (Fsp3) is 0.700. The van der Waals surface area contributed by atoms with Gasteiger partial charge in [0.2, 0.25) is 5.91 Å². The Morgan fingerprint density at radius 1 is 1.44 bits per heavy atom. The van der Waals surface area contributed by atoms with E-state index in [1.165, 1.54) is 18.1 Å². The van der Waals surface area contributed by atoms with Crippen molar-refractivity contribution in [1.29, 1.82) is 0 Å². The molecule has 0 unspecified atom stereocenters. The largest absolute Gasteiger partial charge is 0.337 e. The molecule has 6 heteroatoms. The zero-order chi connectivity index (χ0) is 12.1. The minimum absolute atomic E-state index is 0.131. The second-order valence-corrected chi connectivity index (χ2v) is 5.03. The van der Waals surface area contributed by atoms with Gasteiger partial charge in [-0.25, -0.2) is 4.98 Å². The molecular weight excluding hydrogens is 224 g/mol. The van der Waals surface area contributed by atoms with Crippen molar-refractivity contribution in [3.8, 4) is 0 Å². The lowest BCUT2D eigenvalue weighted by atomic mass is 10.2. The standard InChI is InChI=1S/C10H18N4OS/c1-7(2)14(8(3)4)9(15)5-16-10-11-6-12-13-10/h6-8H,5H2,1-4H3,(H,11,12,13). The molecule has 0 aromatic carbocycles. The van der Waals surface area contributed by atoms with E-state index in [1.807, 2.05) is 32.6 Å². The Bertz CT molecular complexity index is 316. The average Bonchev–Trinajstić information content (AvgIpc) is 2.65. The molecule has 0 saturated heterocycles.